The van der Waals surface area contributed by atoms with Crippen molar-refractivity contribution in [2.45, 2.75) is 0 Å². The third-order valence-corrected chi connectivity index (χ3v) is 4.85. The number of aromatic nitrogens is 7. The van der Waals surface area contributed by atoms with Gasteiger partial charge < -0.3 is 4.74 Å². The summed E-state index contributed by atoms with van der Waals surface area (Å²) in [7, 11) is 3.42. The highest BCUT2D eigenvalue weighted by Crippen LogP contribution is 2.28. The van der Waals surface area contributed by atoms with Gasteiger partial charge in [-0.1, -0.05) is 24.3 Å². The van der Waals surface area contributed by atoms with E-state index < -0.39 is 0 Å². The van der Waals surface area contributed by atoms with Gasteiger partial charge in [0.15, 0.2) is 0 Å². The molecule has 9 nitrogen and oxygen atoms in total. The molecule has 0 aliphatic rings. The van der Waals surface area contributed by atoms with Crippen molar-refractivity contribution in [2.24, 2.45) is 7.05 Å². The average Bonchev–Trinajstić information content (AvgIpc) is 3.39. The molecule has 0 spiro atoms. The standard InChI is InChI=1S/C21H17N7O2/c1-27-12-15(10-23-27)13-3-5-14(6-4-13)20-21-16(24-25-20)9-19(29)28(26-21)17-11-22-8-7-18(17)30-2/h3-12,24H,1-2H3. The van der Waals surface area contributed by atoms with Crippen LogP contribution in [0.3, 0.4) is 0 Å². The zero-order valence-electron chi connectivity index (χ0n) is 16.3. The minimum Gasteiger partial charge on any atom is -0.494 e. The summed E-state index contributed by atoms with van der Waals surface area (Å²) in [6, 6.07) is 11.1. The van der Waals surface area contributed by atoms with Crippen molar-refractivity contribution in [2.75, 3.05) is 7.11 Å². The van der Waals surface area contributed by atoms with Gasteiger partial charge in [-0.25, -0.2) is 0 Å². The van der Waals surface area contributed by atoms with Gasteiger partial charge in [0.25, 0.3) is 5.56 Å². The van der Waals surface area contributed by atoms with Crippen LogP contribution < -0.4 is 10.3 Å². The van der Waals surface area contributed by atoms with Crippen LogP contribution in [0.15, 0.2) is 66.0 Å². The van der Waals surface area contributed by atoms with Crippen molar-refractivity contribution in [3.05, 3.63) is 71.5 Å². The summed E-state index contributed by atoms with van der Waals surface area (Å²) in [6.45, 7) is 0. The summed E-state index contributed by atoms with van der Waals surface area (Å²) < 4.78 is 8.39. The average molecular weight is 399 g/mol. The fourth-order valence-corrected chi connectivity index (χ4v) is 3.36. The van der Waals surface area contributed by atoms with Crippen LogP contribution in [0, 0.1) is 0 Å². The molecule has 0 saturated carbocycles. The van der Waals surface area contributed by atoms with Gasteiger partial charge in [-0.05, 0) is 5.56 Å². The van der Waals surface area contributed by atoms with Crippen LogP contribution in [-0.4, -0.2) is 41.9 Å². The van der Waals surface area contributed by atoms with Crippen molar-refractivity contribution in [3.8, 4) is 33.8 Å². The van der Waals surface area contributed by atoms with Gasteiger partial charge >= 0.3 is 0 Å². The van der Waals surface area contributed by atoms with Gasteiger partial charge in [-0.2, -0.15) is 20.0 Å². The maximum atomic E-state index is 12.6. The molecule has 1 N–H and O–H groups in total. The Balaban J connectivity index is 1.61. The number of methoxy groups -OCH3 is 1. The molecule has 0 fully saturated rings. The van der Waals surface area contributed by atoms with E-state index in [-0.39, 0.29) is 5.56 Å². The van der Waals surface area contributed by atoms with Gasteiger partial charge in [0.05, 0.1) is 25.0 Å². The Kier molecular flexibility index (Phi) is 4.13. The Morgan fingerprint density at radius 2 is 1.83 bits per heavy atom. The molecule has 0 bridgehead atoms. The monoisotopic (exact) mass is 399 g/mol. The van der Waals surface area contributed by atoms with E-state index in [1.807, 2.05) is 43.7 Å². The number of H-pyrrole nitrogens is 1. The SMILES string of the molecule is COc1ccncc1-n1nc2c(-c3ccc(-c4cnn(C)c4)cc3)n[nH]c2cc1=O. The number of ether oxygens (including phenoxy) is 1. The zero-order chi connectivity index (χ0) is 20.7. The van der Waals surface area contributed by atoms with Gasteiger partial charge in [0, 0.05) is 42.7 Å². The Hall–Kier alpha value is -4.27. The number of hydrogen-bond acceptors (Lipinski definition) is 6. The quantitative estimate of drug-likeness (QED) is 0.498. The normalized spacial score (nSPS) is 11.1. The number of fused-ring (bicyclic) bond motifs is 1. The van der Waals surface area contributed by atoms with Crippen molar-refractivity contribution in [1.29, 1.82) is 0 Å². The minimum absolute atomic E-state index is 0.309. The topological polar surface area (TPSA) is 104 Å². The lowest BCUT2D eigenvalue weighted by Gasteiger charge is -2.09. The highest BCUT2D eigenvalue weighted by atomic mass is 16.5. The van der Waals surface area contributed by atoms with E-state index in [0.29, 0.717) is 28.2 Å². The number of benzene rings is 1. The lowest BCUT2D eigenvalue weighted by atomic mass is 10.1. The molecule has 4 aromatic heterocycles. The van der Waals surface area contributed by atoms with Crippen LogP contribution in [0.1, 0.15) is 0 Å². The van der Waals surface area contributed by atoms with Crippen LogP contribution in [-0.2, 0) is 7.05 Å². The lowest BCUT2D eigenvalue weighted by Crippen LogP contribution is -2.20. The largest absolute Gasteiger partial charge is 0.494 e. The summed E-state index contributed by atoms with van der Waals surface area (Å²) in [5.74, 6) is 0.504. The van der Waals surface area contributed by atoms with E-state index in [9.17, 15) is 4.79 Å². The first-order chi connectivity index (χ1) is 14.6. The fraction of sp³-hybridized carbons (Fsp3) is 0.0952. The van der Waals surface area contributed by atoms with Gasteiger partial charge in [0.2, 0.25) is 0 Å². The third-order valence-electron chi connectivity index (χ3n) is 4.85. The number of nitrogens with one attached hydrogen (secondary N) is 1. The van der Waals surface area contributed by atoms with Crippen LogP contribution in [0.2, 0.25) is 0 Å². The number of pyridine rings is 1. The van der Waals surface area contributed by atoms with E-state index in [1.165, 1.54) is 17.9 Å². The van der Waals surface area contributed by atoms with E-state index >= 15 is 0 Å². The molecule has 0 aliphatic carbocycles. The molecular weight excluding hydrogens is 382 g/mol. The molecule has 0 aliphatic heterocycles. The Labute approximate surface area is 170 Å². The lowest BCUT2D eigenvalue weighted by molar-refractivity contribution is 0.410. The Morgan fingerprint density at radius 3 is 2.57 bits per heavy atom. The summed E-state index contributed by atoms with van der Waals surface area (Å²) in [5, 5.41) is 16.0. The van der Waals surface area contributed by atoms with E-state index in [4.69, 9.17) is 4.74 Å². The van der Waals surface area contributed by atoms with Gasteiger partial charge in [0.1, 0.15) is 22.6 Å². The molecular formula is C21H17N7O2. The number of rotatable bonds is 4. The molecule has 0 radical (unpaired) electrons. The first-order valence-electron chi connectivity index (χ1n) is 9.20. The van der Waals surface area contributed by atoms with Crippen LogP contribution in [0.25, 0.3) is 39.1 Å². The number of hydrogen-bond donors (Lipinski definition) is 1. The number of aryl methyl sites for hydroxylation is 1. The van der Waals surface area contributed by atoms with Crippen LogP contribution in [0.4, 0.5) is 0 Å². The molecule has 0 atom stereocenters. The van der Waals surface area contributed by atoms with E-state index in [0.717, 1.165) is 16.7 Å². The highest BCUT2D eigenvalue weighted by molar-refractivity contribution is 5.89. The van der Waals surface area contributed by atoms with E-state index in [1.54, 1.807) is 23.1 Å². The molecule has 30 heavy (non-hydrogen) atoms. The van der Waals surface area contributed by atoms with Crippen molar-refractivity contribution < 1.29 is 4.74 Å². The molecule has 9 heteroatoms. The number of aromatic amines is 1. The van der Waals surface area contributed by atoms with Crippen molar-refractivity contribution >= 4 is 11.0 Å². The highest BCUT2D eigenvalue weighted by Gasteiger charge is 2.15. The van der Waals surface area contributed by atoms with Crippen molar-refractivity contribution in [3.63, 3.8) is 0 Å². The zero-order valence-corrected chi connectivity index (χ0v) is 16.3. The van der Waals surface area contributed by atoms with Crippen LogP contribution in [0.5, 0.6) is 5.75 Å². The van der Waals surface area contributed by atoms with Crippen molar-refractivity contribution in [1.82, 2.24) is 34.7 Å². The second-order valence-corrected chi connectivity index (χ2v) is 6.76. The smallest absolute Gasteiger partial charge is 0.273 e. The first-order valence-corrected chi connectivity index (χ1v) is 9.20. The van der Waals surface area contributed by atoms with E-state index in [2.05, 4.69) is 25.4 Å². The molecule has 0 amide bonds. The van der Waals surface area contributed by atoms with Gasteiger partial charge in [-0.15, -0.1) is 0 Å². The molecule has 4 heterocycles. The second kappa shape index (κ2) is 6.96. The summed E-state index contributed by atoms with van der Waals surface area (Å²) in [6.07, 6.45) is 6.92. The molecule has 148 valence electrons. The van der Waals surface area contributed by atoms with Gasteiger partial charge in [-0.3, -0.25) is 19.6 Å². The van der Waals surface area contributed by atoms with Crippen LogP contribution >= 0.6 is 0 Å². The molecule has 5 aromatic rings. The molecule has 5 rings (SSSR count). The fourth-order valence-electron chi connectivity index (χ4n) is 3.36. The second-order valence-electron chi connectivity index (χ2n) is 6.76. The maximum Gasteiger partial charge on any atom is 0.273 e. The third kappa shape index (κ3) is 2.93. The molecule has 1 aromatic carbocycles. The Bertz CT molecular complexity index is 1410. The predicted molar refractivity (Wildman–Crippen MR) is 111 cm³/mol. The molecule has 0 saturated heterocycles. The summed E-state index contributed by atoms with van der Waals surface area (Å²) in [4.78, 5) is 16.7. The summed E-state index contributed by atoms with van der Waals surface area (Å²) in [5.41, 5.74) is 4.91. The summed E-state index contributed by atoms with van der Waals surface area (Å²) >= 11 is 0. The first kappa shape index (κ1) is 17.8. The Morgan fingerprint density at radius 1 is 1.03 bits per heavy atom. The minimum atomic E-state index is -0.309. The predicted octanol–water partition coefficient (Wildman–Crippen LogP) is 2.58. The maximum absolute atomic E-state index is 12.6. The molecule has 0 unspecified atom stereocenters. The number of nitrogens with zero attached hydrogens (tertiary/aromatic N) is 6.